The van der Waals surface area contributed by atoms with Crippen molar-refractivity contribution in [3.05, 3.63) is 63.7 Å². The Hall–Kier alpha value is -1.94. The number of nitrogens with one attached hydrogen (secondary N) is 1. The normalized spacial score (nSPS) is 10.7. The fourth-order valence-corrected chi connectivity index (χ4v) is 2.24. The van der Waals surface area contributed by atoms with Gasteiger partial charge in [0.05, 0.1) is 5.39 Å². The van der Waals surface area contributed by atoms with E-state index in [0.29, 0.717) is 5.39 Å². The summed E-state index contributed by atoms with van der Waals surface area (Å²) in [5.41, 5.74) is 1.95. The van der Waals surface area contributed by atoms with E-state index in [4.69, 9.17) is 0 Å². The number of fused-ring (bicyclic) bond motifs is 1. The first-order valence-corrected chi connectivity index (χ1v) is 6.26. The number of hydrogen-bond acceptors (Lipinski definition) is 2. The van der Waals surface area contributed by atoms with Crippen molar-refractivity contribution in [3.63, 3.8) is 0 Å². The van der Waals surface area contributed by atoms with E-state index in [9.17, 15) is 4.79 Å². The summed E-state index contributed by atoms with van der Waals surface area (Å²) < 4.78 is 1.03. The highest BCUT2D eigenvalue weighted by Gasteiger charge is 2.06. The number of benzene rings is 1. The SMILES string of the molecule is O=c1[nH]cc(-c2ccc(Br)cc2)c2ccncc12. The largest absolute Gasteiger partial charge is 0.328 e. The lowest BCUT2D eigenvalue weighted by Gasteiger charge is -2.05. The molecule has 2 aromatic heterocycles. The fraction of sp³-hybridized carbons (Fsp3) is 0. The van der Waals surface area contributed by atoms with Crippen molar-refractivity contribution in [2.75, 3.05) is 0 Å². The third kappa shape index (κ3) is 1.84. The minimum Gasteiger partial charge on any atom is -0.328 e. The molecule has 0 radical (unpaired) electrons. The molecule has 0 aliphatic heterocycles. The number of H-pyrrole nitrogens is 1. The summed E-state index contributed by atoms with van der Waals surface area (Å²) in [6.45, 7) is 0. The Kier molecular flexibility index (Phi) is 2.72. The van der Waals surface area contributed by atoms with Crippen LogP contribution in [0.1, 0.15) is 0 Å². The molecule has 3 nitrogen and oxygen atoms in total. The highest BCUT2D eigenvalue weighted by molar-refractivity contribution is 9.10. The van der Waals surface area contributed by atoms with Gasteiger partial charge in [-0.3, -0.25) is 9.78 Å². The highest BCUT2D eigenvalue weighted by Crippen LogP contribution is 2.26. The number of pyridine rings is 2. The first kappa shape index (κ1) is 11.2. The van der Waals surface area contributed by atoms with Gasteiger partial charge in [-0.1, -0.05) is 28.1 Å². The lowest BCUT2D eigenvalue weighted by Crippen LogP contribution is -2.06. The third-order valence-corrected chi connectivity index (χ3v) is 3.39. The van der Waals surface area contributed by atoms with E-state index in [1.807, 2.05) is 30.3 Å². The molecule has 0 amide bonds. The van der Waals surface area contributed by atoms with Crippen LogP contribution in [0.3, 0.4) is 0 Å². The summed E-state index contributed by atoms with van der Waals surface area (Å²) in [6, 6.07) is 9.85. The number of halogens is 1. The third-order valence-electron chi connectivity index (χ3n) is 2.86. The summed E-state index contributed by atoms with van der Waals surface area (Å²) in [4.78, 5) is 18.5. The Labute approximate surface area is 112 Å². The van der Waals surface area contributed by atoms with Crippen LogP contribution in [0.5, 0.6) is 0 Å². The van der Waals surface area contributed by atoms with Gasteiger partial charge in [-0.05, 0) is 29.1 Å². The van der Waals surface area contributed by atoms with Gasteiger partial charge in [0, 0.05) is 28.6 Å². The van der Waals surface area contributed by atoms with Crippen LogP contribution >= 0.6 is 15.9 Å². The number of hydrogen-bond donors (Lipinski definition) is 1. The monoisotopic (exact) mass is 300 g/mol. The molecule has 0 spiro atoms. The van der Waals surface area contributed by atoms with Gasteiger partial charge in [0.15, 0.2) is 0 Å². The number of rotatable bonds is 1. The number of nitrogens with zero attached hydrogens (tertiary/aromatic N) is 1. The van der Waals surface area contributed by atoms with Gasteiger partial charge in [-0.15, -0.1) is 0 Å². The van der Waals surface area contributed by atoms with Crippen LogP contribution < -0.4 is 5.56 Å². The Morgan fingerprint density at radius 1 is 1.06 bits per heavy atom. The Morgan fingerprint density at radius 3 is 2.61 bits per heavy atom. The molecule has 4 heteroatoms. The van der Waals surface area contributed by atoms with Gasteiger partial charge in [-0.25, -0.2) is 0 Å². The molecule has 0 fully saturated rings. The zero-order valence-corrected chi connectivity index (χ0v) is 10.9. The van der Waals surface area contributed by atoms with Crippen LogP contribution in [0.4, 0.5) is 0 Å². The Bertz CT molecular complexity index is 763. The van der Waals surface area contributed by atoms with Crippen LogP contribution in [0, 0.1) is 0 Å². The first-order chi connectivity index (χ1) is 8.75. The summed E-state index contributed by atoms with van der Waals surface area (Å²) in [6.07, 6.45) is 5.04. The zero-order valence-electron chi connectivity index (χ0n) is 9.35. The van der Waals surface area contributed by atoms with Crippen molar-refractivity contribution in [2.24, 2.45) is 0 Å². The van der Waals surface area contributed by atoms with Crippen molar-refractivity contribution >= 4 is 26.7 Å². The van der Waals surface area contributed by atoms with Crippen molar-refractivity contribution in [1.29, 1.82) is 0 Å². The van der Waals surface area contributed by atoms with Crippen molar-refractivity contribution in [1.82, 2.24) is 9.97 Å². The predicted octanol–water partition coefficient (Wildman–Crippen LogP) is 3.35. The first-order valence-electron chi connectivity index (χ1n) is 5.47. The quantitative estimate of drug-likeness (QED) is 0.749. The van der Waals surface area contributed by atoms with Gasteiger partial charge in [0.2, 0.25) is 0 Å². The topological polar surface area (TPSA) is 45.8 Å². The molecule has 0 saturated carbocycles. The van der Waals surface area contributed by atoms with E-state index in [1.165, 1.54) is 0 Å². The highest BCUT2D eigenvalue weighted by atomic mass is 79.9. The van der Waals surface area contributed by atoms with E-state index in [2.05, 4.69) is 25.9 Å². The molecule has 1 N–H and O–H groups in total. The summed E-state index contributed by atoms with van der Waals surface area (Å²) in [5.74, 6) is 0. The minimum absolute atomic E-state index is 0.112. The van der Waals surface area contributed by atoms with E-state index in [-0.39, 0.29) is 5.56 Å². The molecule has 88 valence electrons. The minimum atomic E-state index is -0.112. The van der Waals surface area contributed by atoms with E-state index in [1.54, 1.807) is 18.6 Å². The van der Waals surface area contributed by atoms with Crippen LogP contribution in [-0.2, 0) is 0 Å². The molecule has 0 atom stereocenters. The van der Waals surface area contributed by atoms with Crippen molar-refractivity contribution < 1.29 is 0 Å². The summed E-state index contributed by atoms with van der Waals surface area (Å²) in [5, 5.41) is 1.52. The molecule has 2 heterocycles. The second kappa shape index (κ2) is 4.38. The fourth-order valence-electron chi connectivity index (χ4n) is 1.97. The zero-order chi connectivity index (χ0) is 12.5. The molecule has 0 saturated heterocycles. The average Bonchev–Trinajstić information content (AvgIpc) is 2.41. The Balaban J connectivity index is 2.33. The molecule has 18 heavy (non-hydrogen) atoms. The second-order valence-corrected chi connectivity index (χ2v) is 4.88. The van der Waals surface area contributed by atoms with Crippen LogP contribution in [0.25, 0.3) is 21.9 Å². The molecule has 0 unspecified atom stereocenters. The maximum absolute atomic E-state index is 11.7. The van der Waals surface area contributed by atoms with Crippen LogP contribution in [0.2, 0.25) is 0 Å². The molecule has 0 aliphatic rings. The molecule has 1 aromatic carbocycles. The summed E-state index contributed by atoms with van der Waals surface area (Å²) >= 11 is 3.41. The van der Waals surface area contributed by atoms with Gasteiger partial charge in [0.1, 0.15) is 0 Å². The average molecular weight is 301 g/mol. The Morgan fingerprint density at radius 2 is 1.83 bits per heavy atom. The number of aromatic nitrogens is 2. The van der Waals surface area contributed by atoms with Gasteiger partial charge < -0.3 is 4.98 Å². The molecular formula is C14H9BrN2O. The predicted molar refractivity (Wildman–Crippen MR) is 75.5 cm³/mol. The maximum Gasteiger partial charge on any atom is 0.257 e. The molecule has 0 aliphatic carbocycles. The van der Waals surface area contributed by atoms with Gasteiger partial charge in [-0.2, -0.15) is 0 Å². The second-order valence-electron chi connectivity index (χ2n) is 3.96. The lowest BCUT2D eigenvalue weighted by molar-refractivity contribution is 1.26. The van der Waals surface area contributed by atoms with E-state index < -0.39 is 0 Å². The molecule has 0 bridgehead atoms. The van der Waals surface area contributed by atoms with Gasteiger partial charge in [0.25, 0.3) is 5.56 Å². The number of aromatic amines is 1. The maximum atomic E-state index is 11.7. The van der Waals surface area contributed by atoms with Crippen molar-refractivity contribution in [2.45, 2.75) is 0 Å². The van der Waals surface area contributed by atoms with E-state index in [0.717, 1.165) is 21.0 Å². The van der Waals surface area contributed by atoms with Crippen LogP contribution in [-0.4, -0.2) is 9.97 Å². The van der Waals surface area contributed by atoms with Crippen LogP contribution in [0.15, 0.2) is 58.2 Å². The molecular weight excluding hydrogens is 292 g/mol. The molecule has 3 aromatic rings. The van der Waals surface area contributed by atoms with Gasteiger partial charge >= 0.3 is 0 Å². The smallest absolute Gasteiger partial charge is 0.257 e. The standard InChI is InChI=1S/C14H9BrN2O/c15-10-3-1-9(2-4-10)12-8-17-14(18)13-7-16-6-5-11(12)13/h1-8H,(H,17,18). The lowest BCUT2D eigenvalue weighted by atomic mass is 10.0. The van der Waals surface area contributed by atoms with E-state index >= 15 is 0 Å². The summed E-state index contributed by atoms with van der Waals surface area (Å²) in [7, 11) is 0. The molecule has 3 rings (SSSR count). The van der Waals surface area contributed by atoms with Crippen molar-refractivity contribution in [3.8, 4) is 11.1 Å².